The molecule has 18 nitrogen and oxygen atoms in total. The molecule has 2 atom stereocenters. The van der Waals surface area contributed by atoms with E-state index in [1.807, 2.05) is 0 Å². The van der Waals surface area contributed by atoms with Gasteiger partial charge in [0.15, 0.2) is 0 Å². The lowest BCUT2D eigenvalue weighted by Gasteiger charge is -2.22. The van der Waals surface area contributed by atoms with Gasteiger partial charge in [-0.3, -0.25) is 0 Å². The predicted molar refractivity (Wildman–Crippen MR) is 214 cm³/mol. The molecule has 344 valence electrons. The highest BCUT2D eigenvalue weighted by atomic mass is 35.5. The smallest absolute Gasteiger partial charge is 0.129 e. The van der Waals surface area contributed by atoms with E-state index in [1.165, 1.54) is 11.8 Å². The Labute approximate surface area is 354 Å². The van der Waals surface area contributed by atoms with Crippen LogP contribution in [0.2, 0.25) is 0 Å². The number of aliphatic hydroxyl groups excluding tert-OH is 2. The fourth-order valence-corrected chi connectivity index (χ4v) is 5.05. The van der Waals surface area contributed by atoms with Crippen molar-refractivity contribution in [3.05, 3.63) is 0 Å². The SMILES string of the molecule is OCCOCCOCCOCCOCCOCCOCCOC(CO)SC(COCCCl)OCCOCCOCCOCCOCCOCCOCCOCCCl. The van der Waals surface area contributed by atoms with Crippen molar-refractivity contribution in [3.63, 3.8) is 0 Å². The first-order valence-electron chi connectivity index (χ1n) is 19.6. The number of alkyl halides is 2. The molecule has 0 spiro atoms. The minimum absolute atomic E-state index is 0.00979. The van der Waals surface area contributed by atoms with E-state index in [0.29, 0.717) is 203 Å². The van der Waals surface area contributed by atoms with Gasteiger partial charge >= 0.3 is 0 Å². The predicted octanol–water partition coefficient (Wildman–Crippen LogP) is 1.10. The van der Waals surface area contributed by atoms with Crippen molar-refractivity contribution in [1.29, 1.82) is 0 Å². The molecule has 0 rings (SSSR count). The lowest BCUT2D eigenvalue weighted by Crippen LogP contribution is -2.26. The lowest BCUT2D eigenvalue weighted by molar-refractivity contribution is -0.0292. The molecule has 0 aliphatic heterocycles. The molecule has 0 aliphatic carbocycles. The minimum Gasteiger partial charge on any atom is -0.394 e. The van der Waals surface area contributed by atoms with Gasteiger partial charge in [0.1, 0.15) is 10.9 Å². The molecule has 0 aliphatic rings. The third-order valence-corrected chi connectivity index (χ3v) is 8.01. The minimum atomic E-state index is -0.522. The van der Waals surface area contributed by atoms with Crippen molar-refractivity contribution in [3.8, 4) is 0 Å². The van der Waals surface area contributed by atoms with Crippen LogP contribution in [0, 0.1) is 0 Å². The number of aliphatic hydroxyl groups is 2. The zero-order valence-electron chi connectivity index (χ0n) is 33.8. The second-order valence-electron chi connectivity index (χ2n) is 11.1. The second-order valence-corrected chi connectivity index (χ2v) is 13.1. The van der Waals surface area contributed by atoms with E-state index in [9.17, 15) is 5.11 Å². The molecule has 21 heteroatoms. The number of hydrogen-bond donors (Lipinski definition) is 2. The van der Waals surface area contributed by atoms with E-state index in [4.69, 9.17) is 104 Å². The van der Waals surface area contributed by atoms with Gasteiger partial charge < -0.3 is 86.0 Å². The van der Waals surface area contributed by atoms with Gasteiger partial charge in [-0.2, -0.15) is 0 Å². The highest BCUT2D eigenvalue weighted by molar-refractivity contribution is 8.00. The van der Waals surface area contributed by atoms with Crippen molar-refractivity contribution in [2.75, 3.05) is 223 Å². The summed E-state index contributed by atoms with van der Waals surface area (Å²) in [7, 11) is 0. The van der Waals surface area contributed by atoms with Gasteiger partial charge in [-0.25, -0.2) is 0 Å². The average molecular weight is 896 g/mol. The Balaban J connectivity index is 3.65. The van der Waals surface area contributed by atoms with Crippen LogP contribution in [0.5, 0.6) is 0 Å². The van der Waals surface area contributed by atoms with Gasteiger partial charge in [-0.1, -0.05) is 11.8 Å². The molecular formula is C36H72Cl2O18S. The van der Waals surface area contributed by atoms with E-state index in [2.05, 4.69) is 0 Å². The van der Waals surface area contributed by atoms with E-state index in [1.54, 1.807) is 0 Å². The Hall–Kier alpha value is 0.210. The molecule has 0 saturated carbocycles. The van der Waals surface area contributed by atoms with E-state index in [-0.39, 0.29) is 25.3 Å². The van der Waals surface area contributed by atoms with E-state index in [0.717, 1.165) is 0 Å². The average Bonchev–Trinajstić information content (AvgIpc) is 3.22. The Morgan fingerprint density at radius 1 is 0.298 bits per heavy atom. The molecule has 0 saturated heterocycles. The second kappa shape index (κ2) is 52.3. The third-order valence-electron chi connectivity index (χ3n) is 6.54. The van der Waals surface area contributed by atoms with Crippen LogP contribution in [0.15, 0.2) is 0 Å². The molecule has 0 bridgehead atoms. The summed E-state index contributed by atoms with van der Waals surface area (Å²) in [6, 6.07) is 0. The Morgan fingerprint density at radius 2 is 0.544 bits per heavy atom. The van der Waals surface area contributed by atoms with Gasteiger partial charge in [0, 0.05) is 11.8 Å². The third kappa shape index (κ3) is 48.8. The monoisotopic (exact) mass is 894 g/mol. The number of hydrogen-bond acceptors (Lipinski definition) is 19. The fourth-order valence-electron chi connectivity index (χ4n) is 3.88. The lowest BCUT2D eigenvalue weighted by atomic mass is 10.6. The number of rotatable bonds is 52. The molecule has 57 heavy (non-hydrogen) atoms. The number of ether oxygens (including phenoxy) is 16. The van der Waals surface area contributed by atoms with Crippen LogP contribution in [0.3, 0.4) is 0 Å². The van der Waals surface area contributed by atoms with Gasteiger partial charge in [-0.05, 0) is 0 Å². The van der Waals surface area contributed by atoms with Crippen LogP contribution < -0.4 is 0 Å². The van der Waals surface area contributed by atoms with Crippen molar-refractivity contribution >= 4 is 35.0 Å². The molecule has 0 heterocycles. The number of halogens is 2. The summed E-state index contributed by atoms with van der Waals surface area (Å²) < 4.78 is 87.8. The van der Waals surface area contributed by atoms with E-state index < -0.39 is 5.44 Å². The van der Waals surface area contributed by atoms with Crippen LogP contribution in [0.4, 0.5) is 0 Å². The van der Waals surface area contributed by atoms with Gasteiger partial charge in [0.2, 0.25) is 0 Å². The summed E-state index contributed by atoms with van der Waals surface area (Å²) in [6.07, 6.45) is 0. The molecule has 0 aromatic carbocycles. The topological polar surface area (TPSA) is 188 Å². The molecular weight excluding hydrogens is 823 g/mol. The Morgan fingerprint density at radius 3 is 0.825 bits per heavy atom. The van der Waals surface area contributed by atoms with Crippen LogP contribution >= 0.6 is 35.0 Å². The summed E-state index contributed by atoms with van der Waals surface area (Å²) in [5, 5.41) is 18.4. The molecule has 0 radical (unpaired) electrons. The normalized spacial score (nSPS) is 12.8. The molecule has 2 N–H and O–H groups in total. The van der Waals surface area contributed by atoms with Gasteiger partial charge in [-0.15, -0.1) is 23.2 Å². The maximum Gasteiger partial charge on any atom is 0.129 e. The van der Waals surface area contributed by atoms with Crippen molar-refractivity contribution < 1.29 is 86.0 Å². The maximum absolute atomic E-state index is 9.84. The van der Waals surface area contributed by atoms with Gasteiger partial charge in [0.05, 0.1) is 211 Å². The van der Waals surface area contributed by atoms with Crippen molar-refractivity contribution in [2.45, 2.75) is 10.9 Å². The zero-order valence-corrected chi connectivity index (χ0v) is 36.1. The molecule has 2 unspecified atom stereocenters. The van der Waals surface area contributed by atoms with E-state index >= 15 is 0 Å². The highest BCUT2D eigenvalue weighted by Crippen LogP contribution is 2.20. The van der Waals surface area contributed by atoms with Crippen molar-refractivity contribution in [1.82, 2.24) is 0 Å². The Bertz CT molecular complexity index is 734. The first-order valence-corrected chi connectivity index (χ1v) is 21.6. The Kier molecular flexibility index (Phi) is 52.5. The maximum atomic E-state index is 9.84. The summed E-state index contributed by atoms with van der Waals surface area (Å²) in [4.78, 5) is 0. The summed E-state index contributed by atoms with van der Waals surface area (Å²) in [5.74, 6) is 0.849. The summed E-state index contributed by atoms with van der Waals surface area (Å²) >= 11 is 12.6. The highest BCUT2D eigenvalue weighted by Gasteiger charge is 2.18. The summed E-state index contributed by atoms with van der Waals surface area (Å²) in [5.41, 5.74) is -0.910. The fraction of sp³-hybridized carbons (Fsp3) is 1.00. The largest absolute Gasteiger partial charge is 0.394 e. The van der Waals surface area contributed by atoms with Crippen LogP contribution in [0.1, 0.15) is 0 Å². The van der Waals surface area contributed by atoms with Crippen LogP contribution in [-0.2, 0) is 75.8 Å². The van der Waals surface area contributed by atoms with Crippen LogP contribution in [0.25, 0.3) is 0 Å². The zero-order chi connectivity index (χ0) is 41.2. The molecule has 0 fully saturated rings. The first kappa shape index (κ1) is 57.2. The quantitative estimate of drug-likeness (QED) is 0.0502. The van der Waals surface area contributed by atoms with Crippen LogP contribution in [-0.4, -0.2) is 244 Å². The molecule has 0 aromatic heterocycles. The summed E-state index contributed by atoms with van der Waals surface area (Å²) in [6.45, 7) is 13.0. The molecule has 0 aromatic rings. The first-order chi connectivity index (χ1) is 28.3. The van der Waals surface area contributed by atoms with Crippen molar-refractivity contribution in [2.24, 2.45) is 0 Å². The number of thioether (sulfide) groups is 1. The van der Waals surface area contributed by atoms with Gasteiger partial charge in [0.25, 0.3) is 0 Å². The molecule has 0 amide bonds. The standard InChI is InChI=1S/C36H72Cl2O18S/c37-1-4-41-7-9-43-11-13-45-15-17-47-19-20-49-22-24-51-26-28-53-30-32-56-36(34-54-5-2-38)57-35(33-40)55-31-29-52-27-25-50-23-21-48-18-16-46-14-12-44-10-8-42-6-3-39/h35-36,39-40H,1-34H2.